The first-order valence-corrected chi connectivity index (χ1v) is 22.0. The van der Waals surface area contributed by atoms with Gasteiger partial charge >= 0.3 is 0 Å². The summed E-state index contributed by atoms with van der Waals surface area (Å²) in [6.07, 6.45) is 8.48. The average Bonchev–Trinajstić information content (AvgIpc) is 3.18. The first kappa shape index (κ1) is 40.9. The zero-order valence-corrected chi connectivity index (χ0v) is 33.5. The lowest BCUT2D eigenvalue weighted by Gasteiger charge is -2.32. The molecule has 5 N–H and O–H groups in total. The van der Waals surface area contributed by atoms with Crippen molar-refractivity contribution in [1.82, 2.24) is 5.32 Å². The molecule has 2 unspecified atom stereocenters. The minimum absolute atomic E-state index is 0.00941. The Morgan fingerprint density at radius 3 is 2.51 bits per heavy atom. The van der Waals surface area contributed by atoms with Gasteiger partial charge in [-0.1, -0.05) is 77.6 Å². The summed E-state index contributed by atoms with van der Waals surface area (Å²) in [6, 6.07) is 19.1. The Morgan fingerprint density at radius 1 is 0.927 bits per heavy atom. The van der Waals surface area contributed by atoms with E-state index in [1.54, 1.807) is 36.1 Å². The summed E-state index contributed by atoms with van der Waals surface area (Å²) in [4.78, 5) is 25.6. The molecule has 6 rings (SSSR count). The predicted octanol–water partition coefficient (Wildman–Crippen LogP) is 9.38. The van der Waals surface area contributed by atoms with E-state index < -0.39 is 6.23 Å². The van der Waals surface area contributed by atoms with Crippen molar-refractivity contribution in [3.63, 3.8) is 0 Å². The molecular weight excluding hydrogens is 733 g/mol. The molecule has 55 heavy (non-hydrogen) atoms. The monoisotopic (exact) mass is 786 g/mol. The fourth-order valence-corrected chi connectivity index (χ4v) is 10.1. The van der Waals surface area contributed by atoms with Gasteiger partial charge in [-0.3, -0.25) is 14.9 Å². The van der Waals surface area contributed by atoms with Gasteiger partial charge in [0.25, 0.3) is 0 Å². The van der Waals surface area contributed by atoms with Crippen molar-refractivity contribution in [1.29, 1.82) is 0 Å². The number of ketones is 2. The number of anilines is 1. The van der Waals surface area contributed by atoms with Crippen molar-refractivity contribution in [2.45, 2.75) is 108 Å². The van der Waals surface area contributed by atoms with Gasteiger partial charge in [-0.25, -0.2) is 0 Å². The van der Waals surface area contributed by atoms with Crippen molar-refractivity contribution in [3.05, 3.63) is 82.9 Å². The van der Waals surface area contributed by atoms with Gasteiger partial charge in [0.2, 0.25) is 0 Å². The number of carbonyl (C=O) groups is 2. The fourth-order valence-electron chi connectivity index (χ4n) is 7.81. The van der Waals surface area contributed by atoms with Gasteiger partial charge in [0.15, 0.2) is 11.5 Å². The molecule has 294 valence electrons. The lowest BCUT2D eigenvalue weighted by molar-refractivity contribution is -0.124. The molecule has 0 amide bonds. The average molecular weight is 787 g/mol. The number of benzene rings is 4. The number of rotatable bonds is 10. The number of ether oxygens (including phenoxy) is 2. The van der Waals surface area contributed by atoms with Crippen LogP contribution >= 0.6 is 21.6 Å². The lowest BCUT2D eigenvalue weighted by Crippen LogP contribution is -2.38. The van der Waals surface area contributed by atoms with Gasteiger partial charge in [-0.05, 0) is 102 Å². The molecular formula is C44H54N2O7S2. The second kappa shape index (κ2) is 19.9. The summed E-state index contributed by atoms with van der Waals surface area (Å²) in [6.45, 7) is 1.52. The van der Waals surface area contributed by atoms with Crippen LogP contribution in [0.2, 0.25) is 0 Å². The van der Waals surface area contributed by atoms with Crippen LogP contribution in [-0.2, 0) is 33.1 Å². The third-order valence-electron chi connectivity index (χ3n) is 10.7. The maximum absolute atomic E-state index is 14.0. The van der Waals surface area contributed by atoms with Gasteiger partial charge in [-0.15, -0.1) is 0 Å². The van der Waals surface area contributed by atoms with E-state index in [4.69, 9.17) is 9.47 Å². The van der Waals surface area contributed by atoms with E-state index in [0.29, 0.717) is 35.6 Å². The number of carbonyl (C=O) groups excluding carboxylic acids is 2. The quantitative estimate of drug-likeness (QED) is 0.0777. The van der Waals surface area contributed by atoms with Crippen LogP contribution in [0.25, 0.3) is 21.9 Å². The number of aliphatic hydroxyl groups excluding tert-OH is 1. The highest BCUT2D eigenvalue weighted by molar-refractivity contribution is 8.76. The Morgan fingerprint density at radius 2 is 1.73 bits per heavy atom. The second-order valence-electron chi connectivity index (χ2n) is 14.7. The molecule has 4 aromatic rings. The molecule has 0 radical (unpaired) electrons. The topological polar surface area (TPSA) is 137 Å². The van der Waals surface area contributed by atoms with Crippen LogP contribution in [0.5, 0.6) is 17.2 Å². The minimum Gasteiger partial charge on any atom is -0.508 e. The number of fused-ring (bicyclic) bond motifs is 5. The SMILES string of the molecule is COc1c(O)ccc2c1-c1ccc3ccc(O)cc3c1CSSCCCCC(OC(NC1CCCCC1)c1ccc(NCC(C)=O)c(CO)c1)CC(=O)CC2. The van der Waals surface area contributed by atoms with Crippen molar-refractivity contribution in [3.8, 4) is 28.4 Å². The molecule has 1 fully saturated rings. The molecule has 1 aliphatic carbocycles. The normalized spacial score (nSPS) is 18.3. The molecule has 1 saturated carbocycles. The van der Waals surface area contributed by atoms with E-state index in [1.165, 1.54) is 13.3 Å². The molecule has 1 aliphatic heterocycles. The van der Waals surface area contributed by atoms with Crippen molar-refractivity contribution < 1.29 is 34.4 Å². The fraction of sp³-hybridized carbons (Fsp3) is 0.455. The third kappa shape index (κ3) is 10.8. The highest BCUT2D eigenvalue weighted by Gasteiger charge is 2.27. The molecule has 1 heterocycles. The highest BCUT2D eigenvalue weighted by atomic mass is 33.1. The summed E-state index contributed by atoms with van der Waals surface area (Å²) in [5, 5.41) is 40.6. The minimum atomic E-state index is -0.470. The smallest absolute Gasteiger partial charge is 0.168 e. The second-order valence-corrected chi connectivity index (χ2v) is 17.3. The number of aryl methyl sites for hydroxylation is 1. The van der Waals surface area contributed by atoms with E-state index in [9.17, 15) is 24.9 Å². The Kier molecular flexibility index (Phi) is 14.8. The summed E-state index contributed by atoms with van der Waals surface area (Å²) in [5.41, 5.74) is 5.91. The number of methoxy groups -OCH3 is 1. The van der Waals surface area contributed by atoms with Crippen LogP contribution in [0.1, 0.15) is 99.6 Å². The summed E-state index contributed by atoms with van der Waals surface area (Å²) < 4.78 is 12.8. The Bertz CT molecular complexity index is 1950. The van der Waals surface area contributed by atoms with Gasteiger partial charge < -0.3 is 30.1 Å². The molecule has 9 nitrogen and oxygen atoms in total. The maximum Gasteiger partial charge on any atom is 0.168 e. The Hall–Kier alpha value is -3.74. The molecule has 0 bridgehead atoms. The van der Waals surface area contributed by atoms with Gasteiger partial charge in [0, 0.05) is 47.2 Å². The standard InChI is InChI=1S/C44H54N2O7S2/c1-28(48)25-45-40-19-14-31(22-32(40)26-47)44(46-33-8-4-3-5-9-33)53-36-10-6-7-21-54-55-27-39-37(18-13-29-11-16-35(50)24-38(29)39)42-30(12-17-34(49)23-36)15-20-41(51)43(42)52-2/h11,13-16,18-20,22,24,33,36,44-47,50-51H,3-10,12,17,21,23,25-27H2,1-2H3. The lowest BCUT2D eigenvalue weighted by atomic mass is 9.89. The number of nitrogens with one attached hydrogen (secondary N) is 2. The number of hydrogen-bond acceptors (Lipinski definition) is 11. The summed E-state index contributed by atoms with van der Waals surface area (Å²) >= 11 is 0. The molecule has 11 heteroatoms. The van der Waals surface area contributed by atoms with Crippen LogP contribution in [0, 0.1) is 0 Å². The van der Waals surface area contributed by atoms with Crippen molar-refractivity contribution >= 4 is 49.6 Å². The number of Topliss-reactive ketones (excluding diaryl/α,β-unsaturated/α-hetero) is 2. The number of aliphatic hydroxyl groups is 1. The van der Waals surface area contributed by atoms with Crippen LogP contribution in [0.3, 0.4) is 0 Å². The first-order valence-electron chi connectivity index (χ1n) is 19.5. The molecule has 4 aromatic carbocycles. The van der Waals surface area contributed by atoms with Crippen molar-refractivity contribution in [2.24, 2.45) is 0 Å². The molecule has 0 aromatic heterocycles. The van der Waals surface area contributed by atoms with E-state index >= 15 is 0 Å². The third-order valence-corrected chi connectivity index (χ3v) is 13.1. The molecule has 0 spiro atoms. The van der Waals surface area contributed by atoms with Gasteiger partial charge in [0.1, 0.15) is 23.5 Å². The predicted molar refractivity (Wildman–Crippen MR) is 224 cm³/mol. The van der Waals surface area contributed by atoms with E-state index in [2.05, 4.69) is 16.7 Å². The number of phenols is 2. The Balaban J connectivity index is 1.29. The van der Waals surface area contributed by atoms with Crippen molar-refractivity contribution in [2.75, 3.05) is 24.7 Å². The van der Waals surface area contributed by atoms with Crippen LogP contribution in [0.4, 0.5) is 5.69 Å². The van der Waals surface area contributed by atoms with E-state index in [1.807, 2.05) is 47.2 Å². The van der Waals surface area contributed by atoms with Crippen LogP contribution in [-0.4, -0.2) is 58.4 Å². The molecule has 2 atom stereocenters. The van der Waals surface area contributed by atoms with Gasteiger partial charge in [-0.2, -0.15) is 0 Å². The van der Waals surface area contributed by atoms with E-state index in [0.717, 1.165) is 89.3 Å². The number of aromatic hydroxyl groups is 2. The van der Waals surface area contributed by atoms with Gasteiger partial charge in [0.05, 0.1) is 26.4 Å². The molecule has 0 saturated heterocycles. The largest absolute Gasteiger partial charge is 0.508 e. The van der Waals surface area contributed by atoms with Crippen LogP contribution in [0.15, 0.2) is 60.7 Å². The summed E-state index contributed by atoms with van der Waals surface area (Å²) in [5.74, 6) is 2.30. The zero-order valence-electron chi connectivity index (χ0n) is 31.9. The molecule has 2 aliphatic rings. The summed E-state index contributed by atoms with van der Waals surface area (Å²) in [7, 11) is 5.14. The Labute approximate surface area is 332 Å². The maximum atomic E-state index is 14.0. The number of phenolic OH excluding ortho intramolecular Hbond substituents is 2. The zero-order chi connectivity index (χ0) is 38.7. The highest BCUT2D eigenvalue weighted by Crippen LogP contribution is 2.46. The first-order chi connectivity index (χ1) is 26.7. The van der Waals surface area contributed by atoms with Crippen LogP contribution < -0.4 is 15.4 Å². The number of hydrogen-bond donors (Lipinski definition) is 5. The van der Waals surface area contributed by atoms with E-state index in [-0.39, 0.29) is 54.8 Å².